The third-order valence-electron chi connectivity index (χ3n) is 5.33. The molecule has 9 nitrogen and oxygen atoms in total. The number of esters is 1. The van der Waals surface area contributed by atoms with Gasteiger partial charge in [0.25, 0.3) is 0 Å². The number of alkyl carbamates (subject to hydrolysis) is 1. The average Bonchev–Trinajstić information content (AvgIpc) is 3.04. The van der Waals surface area contributed by atoms with E-state index in [1.54, 1.807) is 13.3 Å². The van der Waals surface area contributed by atoms with E-state index in [2.05, 4.69) is 38.2 Å². The molecular formula is C22H31IN4O5. The van der Waals surface area contributed by atoms with Crippen LogP contribution in [0.2, 0.25) is 0 Å². The van der Waals surface area contributed by atoms with E-state index >= 15 is 0 Å². The van der Waals surface area contributed by atoms with Crippen molar-refractivity contribution in [3.05, 3.63) is 21.5 Å². The molecule has 32 heavy (non-hydrogen) atoms. The second-order valence-corrected chi connectivity index (χ2v) is 10.0. The van der Waals surface area contributed by atoms with Gasteiger partial charge in [-0.05, 0) is 75.1 Å². The molecular weight excluding hydrogens is 527 g/mol. The Labute approximate surface area is 201 Å². The molecule has 0 aliphatic heterocycles. The van der Waals surface area contributed by atoms with Gasteiger partial charge in [-0.25, -0.2) is 14.6 Å². The van der Waals surface area contributed by atoms with Gasteiger partial charge >= 0.3 is 12.1 Å². The highest BCUT2D eigenvalue weighted by Gasteiger charge is 2.27. The molecule has 1 aliphatic rings. The first kappa shape index (κ1) is 24.6. The van der Waals surface area contributed by atoms with Gasteiger partial charge in [0, 0.05) is 30.8 Å². The van der Waals surface area contributed by atoms with Gasteiger partial charge in [0.2, 0.25) is 0 Å². The number of methoxy groups -OCH3 is 2. The summed E-state index contributed by atoms with van der Waals surface area (Å²) in [6.07, 6.45) is 4.50. The van der Waals surface area contributed by atoms with Gasteiger partial charge in [-0.15, -0.1) is 0 Å². The molecule has 2 aromatic heterocycles. The molecule has 0 unspecified atom stereocenters. The number of fused-ring (bicyclic) bond motifs is 1. The molecule has 2 heterocycles. The normalized spacial score (nSPS) is 18.9. The van der Waals surface area contributed by atoms with E-state index in [9.17, 15) is 9.59 Å². The van der Waals surface area contributed by atoms with Crippen molar-refractivity contribution in [2.75, 3.05) is 19.5 Å². The predicted octanol–water partition coefficient (Wildman–Crippen LogP) is 4.28. The molecule has 0 saturated heterocycles. The molecule has 0 aromatic carbocycles. The van der Waals surface area contributed by atoms with Gasteiger partial charge in [0.15, 0.2) is 0 Å². The average molecular weight is 558 g/mol. The summed E-state index contributed by atoms with van der Waals surface area (Å²) in [4.78, 5) is 29.0. The van der Waals surface area contributed by atoms with Crippen LogP contribution < -0.4 is 10.6 Å². The fourth-order valence-electron chi connectivity index (χ4n) is 3.90. The summed E-state index contributed by atoms with van der Waals surface area (Å²) in [5.74, 6) is -0.434. The second kappa shape index (κ2) is 10.2. The topological polar surface area (TPSA) is 104 Å². The molecule has 2 aromatic rings. The van der Waals surface area contributed by atoms with E-state index in [0.29, 0.717) is 12.3 Å². The van der Waals surface area contributed by atoms with E-state index in [0.717, 1.165) is 46.1 Å². The molecule has 2 N–H and O–H groups in total. The minimum absolute atomic E-state index is 0.0733. The van der Waals surface area contributed by atoms with Crippen molar-refractivity contribution in [3.63, 3.8) is 0 Å². The number of halogens is 1. The fraction of sp³-hybridized carbons (Fsp3) is 0.591. The molecule has 1 saturated carbocycles. The Morgan fingerprint density at radius 1 is 1.19 bits per heavy atom. The summed E-state index contributed by atoms with van der Waals surface area (Å²) >= 11 is 2.23. The van der Waals surface area contributed by atoms with Gasteiger partial charge in [0.05, 0.1) is 16.5 Å². The maximum absolute atomic E-state index is 12.4. The van der Waals surface area contributed by atoms with Crippen LogP contribution in [0.25, 0.3) is 11.0 Å². The maximum Gasteiger partial charge on any atom is 0.407 e. The lowest BCUT2D eigenvalue weighted by molar-refractivity contribution is 0.0491. The van der Waals surface area contributed by atoms with Crippen LogP contribution in [0.15, 0.2) is 12.3 Å². The van der Waals surface area contributed by atoms with Crippen LogP contribution in [0.1, 0.15) is 56.8 Å². The third-order valence-corrected chi connectivity index (χ3v) is 6.23. The first-order valence-corrected chi connectivity index (χ1v) is 11.7. The highest BCUT2D eigenvalue weighted by Crippen LogP contribution is 2.33. The Morgan fingerprint density at radius 2 is 1.84 bits per heavy atom. The highest BCUT2D eigenvalue weighted by molar-refractivity contribution is 14.1. The van der Waals surface area contributed by atoms with Crippen molar-refractivity contribution in [1.82, 2.24) is 14.9 Å². The Kier molecular flexibility index (Phi) is 7.86. The van der Waals surface area contributed by atoms with E-state index in [4.69, 9.17) is 14.2 Å². The fourth-order valence-corrected chi connectivity index (χ4v) is 4.58. The molecule has 0 spiro atoms. The summed E-state index contributed by atoms with van der Waals surface area (Å²) in [6.45, 7) is 5.92. The van der Waals surface area contributed by atoms with E-state index in [-0.39, 0.29) is 18.2 Å². The highest BCUT2D eigenvalue weighted by atomic mass is 127. The zero-order chi connectivity index (χ0) is 23.5. The number of ether oxygens (including phenoxy) is 3. The van der Waals surface area contributed by atoms with Crippen molar-refractivity contribution in [1.29, 1.82) is 0 Å². The molecule has 0 atom stereocenters. The molecule has 1 fully saturated rings. The maximum atomic E-state index is 12.4. The van der Waals surface area contributed by atoms with E-state index < -0.39 is 11.6 Å². The molecule has 0 radical (unpaired) electrons. The summed E-state index contributed by atoms with van der Waals surface area (Å²) in [5, 5.41) is 7.37. The molecule has 176 valence electrons. The van der Waals surface area contributed by atoms with Crippen molar-refractivity contribution in [3.8, 4) is 0 Å². The first-order chi connectivity index (χ1) is 15.1. The Hall–Kier alpha value is -2.08. The number of aromatic nitrogens is 2. The van der Waals surface area contributed by atoms with E-state index in [1.807, 2.05) is 31.4 Å². The lowest BCUT2D eigenvalue weighted by Crippen LogP contribution is -2.42. The Balaban J connectivity index is 1.76. The standard InChI is InChI=1S/C22H31IN4O5/c1-22(2,3)32-21(29)26-14-8-6-13(7-9-14)25-18-15-10-17(23)27(12-30-4)19(15)24-11-16(18)20(28)31-5/h10-11,13-14H,6-9,12H2,1-5H3,(H,24,25)(H,26,29)/t13-,14-. The SMILES string of the molecule is COCn1c(I)cc2c(N[C@H]3CC[C@H](NC(=O)OC(C)(C)C)CC3)c(C(=O)OC)cnc21. The second-order valence-electron chi connectivity index (χ2n) is 8.93. The molecule has 10 heteroatoms. The van der Waals surface area contributed by atoms with Crippen LogP contribution in [0.4, 0.5) is 10.5 Å². The molecule has 3 rings (SSSR count). The molecule has 1 aliphatic carbocycles. The number of nitrogens with zero attached hydrogens (tertiary/aromatic N) is 2. The smallest absolute Gasteiger partial charge is 0.407 e. The predicted molar refractivity (Wildman–Crippen MR) is 130 cm³/mol. The molecule has 0 bridgehead atoms. The lowest BCUT2D eigenvalue weighted by atomic mass is 9.91. The number of hydrogen-bond donors (Lipinski definition) is 2. The quantitative estimate of drug-likeness (QED) is 0.403. The van der Waals surface area contributed by atoms with Crippen LogP contribution in [-0.2, 0) is 20.9 Å². The molecule has 1 amide bonds. The number of amides is 1. The van der Waals surface area contributed by atoms with Crippen molar-refractivity contribution < 1.29 is 23.8 Å². The lowest BCUT2D eigenvalue weighted by Gasteiger charge is -2.31. The van der Waals surface area contributed by atoms with Crippen LogP contribution in [0.3, 0.4) is 0 Å². The van der Waals surface area contributed by atoms with Gasteiger partial charge in [-0.3, -0.25) is 4.57 Å². The van der Waals surface area contributed by atoms with Crippen LogP contribution in [0.5, 0.6) is 0 Å². The van der Waals surface area contributed by atoms with Gasteiger partial charge < -0.3 is 24.8 Å². The number of pyridine rings is 1. The summed E-state index contributed by atoms with van der Waals surface area (Å²) in [5.41, 5.74) is 1.35. The van der Waals surface area contributed by atoms with Gasteiger partial charge in [-0.2, -0.15) is 0 Å². The number of nitrogens with one attached hydrogen (secondary N) is 2. The zero-order valence-electron chi connectivity index (χ0n) is 19.2. The third kappa shape index (κ3) is 5.83. The van der Waals surface area contributed by atoms with Crippen molar-refractivity contribution >= 4 is 51.4 Å². The number of carbonyl (C=O) groups is 2. The van der Waals surface area contributed by atoms with Crippen LogP contribution >= 0.6 is 22.6 Å². The van der Waals surface area contributed by atoms with Crippen molar-refractivity contribution in [2.45, 2.75) is 70.9 Å². The monoisotopic (exact) mass is 558 g/mol. The summed E-state index contributed by atoms with van der Waals surface area (Å²) in [6, 6.07) is 2.22. The zero-order valence-corrected chi connectivity index (χ0v) is 21.3. The van der Waals surface area contributed by atoms with Crippen LogP contribution in [0, 0.1) is 3.70 Å². The Morgan fingerprint density at radius 3 is 2.44 bits per heavy atom. The summed E-state index contributed by atoms with van der Waals surface area (Å²) in [7, 11) is 3.00. The van der Waals surface area contributed by atoms with Gasteiger partial charge in [-0.1, -0.05) is 0 Å². The van der Waals surface area contributed by atoms with Crippen LogP contribution in [-0.4, -0.2) is 53.5 Å². The van der Waals surface area contributed by atoms with E-state index in [1.165, 1.54) is 7.11 Å². The van der Waals surface area contributed by atoms with Crippen molar-refractivity contribution in [2.24, 2.45) is 0 Å². The first-order valence-electron chi connectivity index (χ1n) is 10.6. The number of anilines is 1. The Bertz CT molecular complexity index is 977. The minimum Gasteiger partial charge on any atom is -0.465 e. The number of carbonyl (C=O) groups excluding carboxylic acids is 2. The largest absolute Gasteiger partial charge is 0.465 e. The summed E-state index contributed by atoms with van der Waals surface area (Å²) < 4.78 is 18.6. The van der Waals surface area contributed by atoms with Gasteiger partial charge in [0.1, 0.15) is 23.5 Å². The number of rotatable bonds is 6. The number of hydrogen-bond acceptors (Lipinski definition) is 7. The minimum atomic E-state index is -0.517.